The molecule has 1 N–H and O–H groups in total. The van der Waals surface area contributed by atoms with Crippen LogP contribution in [0.4, 0.5) is 5.13 Å². The van der Waals surface area contributed by atoms with Crippen molar-refractivity contribution in [2.75, 3.05) is 32.3 Å². The second-order valence-corrected chi connectivity index (χ2v) is 8.04. The molecule has 0 aliphatic rings. The van der Waals surface area contributed by atoms with Gasteiger partial charge in [-0.25, -0.2) is 4.98 Å². The Morgan fingerprint density at radius 3 is 2.16 bits per heavy atom. The predicted molar refractivity (Wildman–Crippen MR) is 125 cm³/mol. The van der Waals surface area contributed by atoms with E-state index in [4.69, 9.17) is 29.0 Å². The summed E-state index contributed by atoms with van der Waals surface area (Å²) in [6.07, 6.45) is -0.786. The summed E-state index contributed by atoms with van der Waals surface area (Å²) in [7, 11) is 3.35. The number of ether oxygens (including phenoxy) is 4. The van der Waals surface area contributed by atoms with Gasteiger partial charge in [0.2, 0.25) is 0 Å². The second kappa shape index (κ2) is 12.4. The standard InChI is InChI=1S/C24H30N2O5S/c1-18(27)31-11-10-30-16-21-17-32-24(25-21)26(14-19-6-4-8-22(12-19)28-2)15-20-7-5-9-23(13-20)29-3/h4-9,12-13,17-18,27H,10-11,14-16H2,1-3H3. The maximum Gasteiger partial charge on any atom is 0.186 e. The molecule has 0 aliphatic heterocycles. The van der Waals surface area contributed by atoms with Crippen molar-refractivity contribution in [1.82, 2.24) is 4.98 Å². The largest absolute Gasteiger partial charge is 0.497 e. The van der Waals surface area contributed by atoms with Gasteiger partial charge < -0.3 is 29.0 Å². The number of anilines is 1. The first kappa shape index (κ1) is 24.0. The number of hydrogen-bond donors (Lipinski definition) is 1. The lowest BCUT2D eigenvalue weighted by atomic mass is 10.1. The van der Waals surface area contributed by atoms with Gasteiger partial charge in [0.25, 0.3) is 0 Å². The van der Waals surface area contributed by atoms with E-state index in [9.17, 15) is 0 Å². The molecule has 0 saturated carbocycles. The predicted octanol–water partition coefficient (Wildman–Crippen LogP) is 4.24. The van der Waals surface area contributed by atoms with Crippen molar-refractivity contribution < 1.29 is 24.1 Å². The number of aliphatic hydroxyl groups is 1. The van der Waals surface area contributed by atoms with Crippen molar-refractivity contribution >= 4 is 16.5 Å². The summed E-state index contributed by atoms with van der Waals surface area (Å²) in [5, 5.41) is 12.1. The number of methoxy groups -OCH3 is 2. The summed E-state index contributed by atoms with van der Waals surface area (Å²) < 4.78 is 21.5. The minimum atomic E-state index is -0.786. The Morgan fingerprint density at radius 1 is 0.969 bits per heavy atom. The number of nitrogens with zero attached hydrogens (tertiary/aromatic N) is 2. The quantitative estimate of drug-likeness (QED) is 0.303. The first-order chi connectivity index (χ1) is 15.6. The highest BCUT2D eigenvalue weighted by molar-refractivity contribution is 7.13. The fourth-order valence-corrected chi connectivity index (χ4v) is 3.95. The van der Waals surface area contributed by atoms with E-state index in [1.165, 1.54) is 0 Å². The van der Waals surface area contributed by atoms with Gasteiger partial charge in [-0.1, -0.05) is 24.3 Å². The number of rotatable bonds is 13. The Morgan fingerprint density at radius 2 is 1.59 bits per heavy atom. The van der Waals surface area contributed by atoms with E-state index in [1.54, 1.807) is 32.5 Å². The third-order valence-electron chi connectivity index (χ3n) is 4.66. The fraction of sp³-hybridized carbons (Fsp3) is 0.375. The van der Waals surface area contributed by atoms with Gasteiger partial charge in [0, 0.05) is 18.5 Å². The number of aliphatic hydroxyl groups excluding tert-OH is 1. The average Bonchev–Trinajstić information content (AvgIpc) is 3.27. The molecule has 0 spiro atoms. The smallest absolute Gasteiger partial charge is 0.186 e. The third-order valence-corrected chi connectivity index (χ3v) is 5.61. The first-order valence-corrected chi connectivity index (χ1v) is 11.3. The Bertz CT molecular complexity index is 913. The van der Waals surface area contributed by atoms with E-state index in [0.29, 0.717) is 32.9 Å². The van der Waals surface area contributed by atoms with Crippen LogP contribution in [-0.2, 0) is 29.2 Å². The van der Waals surface area contributed by atoms with Crippen molar-refractivity contribution in [3.05, 3.63) is 70.7 Å². The van der Waals surface area contributed by atoms with Crippen LogP contribution in [0.25, 0.3) is 0 Å². The molecule has 7 nitrogen and oxygen atoms in total. The summed E-state index contributed by atoms with van der Waals surface area (Å²) >= 11 is 1.59. The van der Waals surface area contributed by atoms with Crippen molar-refractivity contribution in [2.45, 2.75) is 32.9 Å². The van der Waals surface area contributed by atoms with E-state index in [2.05, 4.69) is 17.0 Å². The highest BCUT2D eigenvalue weighted by Crippen LogP contribution is 2.27. The molecule has 172 valence electrons. The van der Waals surface area contributed by atoms with Crippen LogP contribution < -0.4 is 14.4 Å². The van der Waals surface area contributed by atoms with Gasteiger partial charge in [-0.15, -0.1) is 11.3 Å². The number of hydrogen-bond acceptors (Lipinski definition) is 8. The first-order valence-electron chi connectivity index (χ1n) is 10.4. The molecule has 0 radical (unpaired) electrons. The van der Waals surface area contributed by atoms with Crippen LogP contribution in [0.1, 0.15) is 23.7 Å². The topological polar surface area (TPSA) is 73.3 Å². The highest BCUT2D eigenvalue weighted by Gasteiger charge is 2.14. The molecule has 0 fully saturated rings. The molecular weight excluding hydrogens is 428 g/mol. The van der Waals surface area contributed by atoms with Gasteiger partial charge in [-0.05, 0) is 42.3 Å². The van der Waals surface area contributed by atoms with Crippen LogP contribution in [0.5, 0.6) is 11.5 Å². The molecule has 8 heteroatoms. The lowest BCUT2D eigenvalue weighted by Gasteiger charge is -2.22. The van der Waals surface area contributed by atoms with Crippen molar-refractivity contribution in [1.29, 1.82) is 0 Å². The minimum absolute atomic E-state index is 0.340. The molecule has 1 unspecified atom stereocenters. The third kappa shape index (κ3) is 7.49. The molecule has 1 atom stereocenters. The van der Waals surface area contributed by atoms with Crippen LogP contribution >= 0.6 is 11.3 Å². The monoisotopic (exact) mass is 458 g/mol. The molecule has 0 aliphatic carbocycles. The Balaban J connectivity index is 1.72. The van der Waals surface area contributed by atoms with Gasteiger partial charge in [0.1, 0.15) is 11.5 Å². The van der Waals surface area contributed by atoms with Gasteiger partial charge in [0.15, 0.2) is 11.4 Å². The van der Waals surface area contributed by atoms with Crippen LogP contribution in [0.15, 0.2) is 53.9 Å². The number of aromatic nitrogens is 1. The van der Waals surface area contributed by atoms with E-state index in [-0.39, 0.29) is 0 Å². The summed E-state index contributed by atoms with van der Waals surface area (Å²) in [6.45, 7) is 4.08. The fourth-order valence-electron chi connectivity index (χ4n) is 3.14. The molecule has 0 amide bonds. The van der Waals surface area contributed by atoms with E-state index in [1.807, 2.05) is 41.8 Å². The molecule has 3 rings (SSSR count). The molecule has 1 aromatic heterocycles. The zero-order chi connectivity index (χ0) is 22.8. The second-order valence-electron chi connectivity index (χ2n) is 7.20. The summed E-state index contributed by atoms with van der Waals surface area (Å²) in [4.78, 5) is 7.02. The van der Waals surface area contributed by atoms with E-state index < -0.39 is 6.29 Å². The van der Waals surface area contributed by atoms with Gasteiger partial charge >= 0.3 is 0 Å². The molecule has 0 saturated heterocycles. The Hall–Kier alpha value is -2.65. The highest BCUT2D eigenvalue weighted by atomic mass is 32.1. The van der Waals surface area contributed by atoms with Gasteiger partial charge in [-0.2, -0.15) is 0 Å². The van der Waals surface area contributed by atoms with Gasteiger partial charge in [-0.3, -0.25) is 0 Å². The van der Waals surface area contributed by atoms with Crippen molar-refractivity contribution in [3.8, 4) is 11.5 Å². The SMILES string of the molecule is COc1cccc(CN(Cc2cccc(OC)c2)c2nc(COCCOC(C)O)cs2)c1. The van der Waals surface area contributed by atoms with E-state index >= 15 is 0 Å². The maximum absolute atomic E-state index is 9.13. The summed E-state index contributed by atoms with van der Waals surface area (Å²) in [6, 6.07) is 16.1. The molecule has 32 heavy (non-hydrogen) atoms. The molecular formula is C24H30N2O5S. The van der Waals surface area contributed by atoms with Crippen LogP contribution in [0, 0.1) is 0 Å². The van der Waals surface area contributed by atoms with Crippen LogP contribution in [0.3, 0.4) is 0 Å². The zero-order valence-electron chi connectivity index (χ0n) is 18.7. The summed E-state index contributed by atoms with van der Waals surface area (Å²) in [5.41, 5.74) is 3.13. The maximum atomic E-state index is 9.13. The molecule has 2 aromatic carbocycles. The number of thiazole rings is 1. The van der Waals surface area contributed by atoms with E-state index in [0.717, 1.165) is 33.5 Å². The van der Waals surface area contributed by atoms with Gasteiger partial charge in [0.05, 0.1) is 39.7 Å². The van der Waals surface area contributed by atoms with Crippen LogP contribution in [-0.4, -0.2) is 43.8 Å². The zero-order valence-corrected chi connectivity index (χ0v) is 19.5. The van der Waals surface area contributed by atoms with Crippen LogP contribution in [0.2, 0.25) is 0 Å². The lowest BCUT2D eigenvalue weighted by Crippen LogP contribution is -2.22. The Labute approximate surface area is 193 Å². The average molecular weight is 459 g/mol. The summed E-state index contributed by atoms with van der Waals surface area (Å²) in [5.74, 6) is 1.66. The number of benzene rings is 2. The van der Waals surface area contributed by atoms with Crippen molar-refractivity contribution in [3.63, 3.8) is 0 Å². The molecule has 1 heterocycles. The lowest BCUT2D eigenvalue weighted by molar-refractivity contribution is -0.101. The normalized spacial score (nSPS) is 11.9. The Kier molecular flexibility index (Phi) is 9.30. The van der Waals surface area contributed by atoms with Crippen molar-refractivity contribution in [2.24, 2.45) is 0 Å². The molecule has 0 bridgehead atoms. The molecule has 3 aromatic rings. The minimum Gasteiger partial charge on any atom is -0.497 e.